The molecule has 0 fully saturated rings. The second-order valence-electron chi connectivity index (χ2n) is 4.87. The molecule has 0 bridgehead atoms. The first-order valence-electron chi connectivity index (χ1n) is 7.12. The highest BCUT2D eigenvalue weighted by molar-refractivity contribution is 5.61. The van der Waals surface area contributed by atoms with Crippen LogP contribution in [0.3, 0.4) is 0 Å². The molecule has 106 valence electrons. The number of benzene rings is 1. The van der Waals surface area contributed by atoms with Crippen LogP contribution < -0.4 is 5.32 Å². The Hall–Kier alpha value is -2.46. The van der Waals surface area contributed by atoms with Gasteiger partial charge < -0.3 is 5.32 Å². The Bertz CT molecular complexity index is 704. The summed E-state index contributed by atoms with van der Waals surface area (Å²) in [6.07, 6.45) is 7.68. The molecule has 4 nitrogen and oxygen atoms in total. The number of para-hydroxylation sites is 1. The number of pyridine rings is 1. The quantitative estimate of drug-likeness (QED) is 0.780. The molecule has 0 aliphatic rings. The first-order valence-corrected chi connectivity index (χ1v) is 7.12. The Morgan fingerprint density at radius 2 is 1.90 bits per heavy atom. The topological polar surface area (TPSA) is 42.7 Å². The van der Waals surface area contributed by atoms with Crippen molar-refractivity contribution < 1.29 is 0 Å². The van der Waals surface area contributed by atoms with Crippen LogP contribution in [0.2, 0.25) is 0 Å². The van der Waals surface area contributed by atoms with Crippen LogP contribution in [0.15, 0.2) is 61.2 Å². The van der Waals surface area contributed by atoms with E-state index in [0.717, 1.165) is 29.9 Å². The fourth-order valence-corrected chi connectivity index (χ4v) is 2.21. The summed E-state index contributed by atoms with van der Waals surface area (Å²) in [6.45, 7) is 3.89. The van der Waals surface area contributed by atoms with Crippen LogP contribution in [0.4, 0.5) is 0 Å². The van der Waals surface area contributed by atoms with Gasteiger partial charge in [-0.3, -0.25) is 4.98 Å². The lowest BCUT2D eigenvalue weighted by Gasteiger charge is -2.03. The Morgan fingerprint density at radius 1 is 1.05 bits per heavy atom. The minimum Gasteiger partial charge on any atom is -0.313 e. The number of aromatic nitrogens is 3. The van der Waals surface area contributed by atoms with Crippen molar-refractivity contribution in [2.45, 2.75) is 13.5 Å². The zero-order valence-corrected chi connectivity index (χ0v) is 12.0. The minimum atomic E-state index is 0.837. The Kier molecular flexibility index (Phi) is 4.07. The van der Waals surface area contributed by atoms with Crippen molar-refractivity contribution in [1.82, 2.24) is 20.1 Å². The van der Waals surface area contributed by atoms with Crippen molar-refractivity contribution in [1.29, 1.82) is 0 Å². The third kappa shape index (κ3) is 3.17. The molecule has 0 aliphatic carbocycles. The molecular weight excluding hydrogens is 260 g/mol. The van der Waals surface area contributed by atoms with Gasteiger partial charge in [0.25, 0.3) is 0 Å². The van der Waals surface area contributed by atoms with Gasteiger partial charge >= 0.3 is 0 Å². The summed E-state index contributed by atoms with van der Waals surface area (Å²) >= 11 is 0. The molecule has 3 aromatic rings. The van der Waals surface area contributed by atoms with Crippen molar-refractivity contribution in [3.8, 4) is 16.8 Å². The maximum absolute atomic E-state index is 4.43. The Balaban J connectivity index is 1.86. The van der Waals surface area contributed by atoms with Crippen LogP contribution in [-0.4, -0.2) is 21.3 Å². The normalized spacial score (nSPS) is 10.7. The van der Waals surface area contributed by atoms with Gasteiger partial charge in [0.05, 0.1) is 11.9 Å². The van der Waals surface area contributed by atoms with Crippen LogP contribution >= 0.6 is 0 Å². The van der Waals surface area contributed by atoms with E-state index < -0.39 is 0 Å². The van der Waals surface area contributed by atoms with Crippen LogP contribution in [-0.2, 0) is 6.54 Å². The van der Waals surface area contributed by atoms with E-state index in [1.54, 1.807) is 0 Å². The van der Waals surface area contributed by atoms with Gasteiger partial charge in [0.15, 0.2) is 0 Å². The van der Waals surface area contributed by atoms with E-state index in [-0.39, 0.29) is 0 Å². The summed E-state index contributed by atoms with van der Waals surface area (Å²) in [4.78, 5) is 4.32. The summed E-state index contributed by atoms with van der Waals surface area (Å²) in [5.74, 6) is 0. The monoisotopic (exact) mass is 278 g/mol. The van der Waals surface area contributed by atoms with Crippen molar-refractivity contribution in [2.75, 3.05) is 6.54 Å². The van der Waals surface area contributed by atoms with Gasteiger partial charge in [-0.25, -0.2) is 4.68 Å². The predicted molar refractivity (Wildman–Crippen MR) is 84.2 cm³/mol. The Labute approximate surface area is 124 Å². The zero-order valence-electron chi connectivity index (χ0n) is 12.0. The van der Waals surface area contributed by atoms with Crippen LogP contribution in [0.5, 0.6) is 0 Å². The van der Waals surface area contributed by atoms with E-state index in [9.17, 15) is 0 Å². The lowest BCUT2D eigenvalue weighted by atomic mass is 10.1. The highest BCUT2D eigenvalue weighted by atomic mass is 15.3. The van der Waals surface area contributed by atoms with Crippen LogP contribution in [0.25, 0.3) is 16.8 Å². The number of nitrogens with one attached hydrogen (secondary N) is 1. The lowest BCUT2D eigenvalue weighted by Crippen LogP contribution is -2.11. The molecule has 21 heavy (non-hydrogen) atoms. The second-order valence-corrected chi connectivity index (χ2v) is 4.87. The summed E-state index contributed by atoms with van der Waals surface area (Å²) in [5.41, 5.74) is 4.40. The molecule has 0 radical (unpaired) electrons. The van der Waals surface area contributed by atoms with Gasteiger partial charge in [-0.05, 0) is 30.3 Å². The standard InChI is InChI=1S/C17H18N4/c1-2-18-9-14-8-15(11-19-10-14)16-12-20-21(13-16)17-6-4-3-5-7-17/h3-8,10-13,18H,2,9H2,1H3. The molecule has 1 N–H and O–H groups in total. The number of hydrogen-bond donors (Lipinski definition) is 1. The first-order chi connectivity index (χ1) is 10.4. The van der Waals surface area contributed by atoms with E-state index in [4.69, 9.17) is 0 Å². The van der Waals surface area contributed by atoms with E-state index >= 15 is 0 Å². The molecule has 0 spiro atoms. The third-order valence-corrected chi connectivity index (χ3v) is 3.31. The van der Waals surface area contributed by atoms with Gasteiger partial charge in [-0.2, -0.15) is 5.10 Å². The van der Waals surface area contributed by atoms with E-state index in [0.29, 0.717) is 0 Å². The van der Waals surface area contributed by atoms with E-state index in [1.165, 1.54) is 5.56 Å². The van der Waals surface area contributed by atoms with Crippen molar-refractivity contribution in [2.24, 2.45) is 0 Å². The van der Waals surface area contributed by atoms with E-state index in [1.807, 2.05) is 59.8 Å². The molecule has 0 saturated carbocycles. The SMILES string of the molecule is CCNCc1cncc(-c2cnn(-c3ccccc3)c2)c1. The fraction of sp³-hybridized carbons (Fsp3) is 0.176. The third-order valence-electron chi connectivity index (χ3n) is 3.31. The molecule has 1 aromatic carbocycles. The van der Waals surface area contributed by atoms with Crippen molar-refractivity contribution in [3.05, 3.63) is 66.7 Å². The highest BCUT2D eigenvalue weighted by Crippen LogP contribution is 2.20. The number of hydrogen-bond acceptors (Lipinski definition) is 3. The molecule has 0 atom stereocenters. The molecule has 3 rings (SSSR count). The van der Waals surface area contributed by atoms with Crippen molar-refractivity contribution in [3.63, 3.8) is 0 Å². The largest absolute Gasteiger partial charge is 0.313 e. The summed E-state index contributed by atoms with van der Waals surface area (Å²) in [7, 11) is 0. The van der Waals surface area contributed by atoms with Gasteiger partial charge in [-0.1, -0.05) is 25.1 Å². The van der Waals surface area contributed by atoms with Crippen LogP contribution in [0.1, 0.15) is 12.5 Å². The van der Waals surface area contributed by atoms with Gasteiger partial charge in [0.2, 0.25) is 0 Å². The maximum atomic E-state index is 4.43. The molecule has 0 amide bonds. The fourth-order valence-electron chi connectivity index (χ4n) is 2.21. The predicted octanol–water partition coefficient (Wildman–Crippen LogP) is 3.04. The Morgan fingerprint density at radius 3 is 2.71 bits per heavy atom. The zero-order chi connectivity index (χ0) is 14.5. The number of rotatable bonds is 5. The van der Waals surface area contributed by atoms with Crippen molar-refractivity contribution >= 4 is 0 Å². The molecule has 0 aliphatic heterocycles. The second kappa shape index (κ2) is 6.33. The summed E-state index contributed by atoms with van der Waals surface area (Å²) in [5, 5.41) is 7.74. The average Bonchev–Trinajstić information content (AvgIpc) is 3.04. The average molecular weight is 278 g/mol. The summed E-state index contributed by atoms with van der Waals surface area (Å²) < 4.78 is 1.88. The smallest absolute Gasteiger partial charge is 0.0645 e. The molecule has 0 unspecified atom stereocenters. The first kappa shape index (κ1) is 13.5. The molecule has 2 aromatic heterocycles. The summed E-state index contributed by atoms with van der Waals surface area (Å²) in [6, 6.07) is 12.3. The lowest BCUT2D eigenvalue weighted by molar-refractivity contribution is 0.724. The molecule has 0 saturated heterocycles. The number of nitrogens with zero attached hydrogens (tertiary/aromatic N) is 3. The molecule has 2 heterocycles. The van der Waals surface area contributed by atoms with Gasteiger partial charge in [0, 0.05) is 36.3 Å². The van der Waals surface area contributed by atoms with Gasteiger partial charge in [0.1, 0.15) is 0 Å². The van der Waals surface area contributed by atoms with Gasteiger partial charge in [-0.15, -0.1) is 0 Å². The molecular formula is C17H18N4. The van der Waals surface area contributed by atoms with Crippen LogP contribution in [0, 0.1) is 0 Å². The minimum absolute atomic E-state index is 0.837. The maximum Gasteiger partial charge on any atom is 0.0645 e. The highest BCUT2D eigenvalue weighted by Gasteiger charge is 2.04. The molecule has 4 heteroatoms. The van der Waals surface area contributed by atoms with E-state index in [2.05, 4.69) is 28.4 Å².